The number of hydrogen-bond acceptors (Lipinski definition) is 4. The van der Waals surface area contributed by atoms with E-state index in [2.05, 4.69) is 22.5 Å². The number of rotatable bonds is 10. The standard InChI is InChI=1S/C22H26N2O4/c1-16(22(27)28)24-21(26)20(12-11-17-7-4-2-3-5-8-17)23-14-13-18-9-6-10-19(25)15-18/h2,4,6-7,9-10,15-16,20,23,25H,3,11-14H2,1H3,(H,24,26)(H,27,28)/t16-,20+/m0/s1. The summed E-state index contributed by atoms with van der Waals surface area (Å²) < 4.78 is 0. The van der Waals surface area contributed by atoms with Crippen molar-refractivity contribution in [1.29, 1.82) is 0 Å². The molecular weight excluding hydrogens is 356 g/mol. The quantitative estimate of drug-likeness (QED) is 0.465. The number of aliphatic carboxylic acids is 1. The average Bonchev–Trinajstić information content (AvgIpc) is 2.93. The first-order chi connectivity index (χ1) is 13.5. The molecule has 1 aromatic carbocycles. The molecule has 0 radical (unpaired) electrons. The van der Waals surface area contributed by atoms with Crippen molar-refractivity contribution in [2.24, 2.45) is 0 Å². The van der Waals surface area contributed by atoms with Crippen LogP contribution < -0.4 is 10.6 Å². The minimum atomic E-state index is -1.07. The number of aromatic hydroxyl groups is 1. The Morgan fingerprint density at radius 2 is 2.11 bits per heavy atom. The number of amides is 1. The van der Waals surface area contributed by atoms with Gasteiger partial charge in [-0.05, 0) is 50.4 Å². The van der Waals surface area contributed by atoms with E-state index >= 15 is 0 Å². The summed E-state index contributed by atoms with van der Waals surface area (Å²) in [6.07, 6.45) is 8.34. The summed E-state index contributed by atoms with van der Waals surface area (Å²) in [6.45, 7) is 1.96. The van der Waals surface area contributed by atoms with Gasteiger partial charge in [0.05, 0.1) is 6.04 Å². The Morgan fingerprint density at radius 1 is 1.29 bits per heavy atom. The van der Waals surface area contributed by atoms with Gasteiger partial charge in [0.15, 0.2) is 0 Å². The number of phenols is 1. The van der Waals surface area contributed by atoms with Crippen molar-refractivity contribution < 1.29 is 19.8 Å². The lowest BCUT2D eigenvalue weighted by Crippen LogP contribution is -2.49. The van der Waals surface area contributed by atoms with Crippen LogP contribution in [0.5, 0.6) is 5.75 Å². The van der Waals surface area contributed by atoms with Crippen LogP contribution in [0.2, 0.25) is 0 Å². The number of hydrogen-bond donors (Lipinski definition) is 4. The van der Waals surface area contributed by atoms with E-state index in [9.17, 15) is 14.7 Å². The maximum absolute atomic E-state index is 12.5. The fraction of sp³-hybridized carbons (Fsp3) is 0.364. The van der Waals surface area contributed by atoms with Crippen molar-refractivity contribution in [3.63, 3.8) is 0 Å². The topological polar surface area (TPSA) is 98.7 Å². The van der Waals surface area contributed by atoms with Crippen molar-refractivity contribution in [1.82, 2.24) is 10.6 Å². The first kappa shape index (κ1) is 21.3. The van der Waals surface area contributed by atoms with Gasteiger partial charge in [-0.2, -0.15) is 0 Å². The Kier molecular flexibility index (Phi) is 8.32. The molecule has 1 amide bonds. The maximum Gasteiger partial charge on any atom is 0.325 e. The highest BCUT2D eigenvalue weighted by molar-refractivity contribution is 5.86. The fourth-order valence-corrected chi connectivity index (χ4v) is 2.77. The van der Waals surface area contributed by atoms with Crippen molar-refractivity contribution in [3.05, 3.63) is 53.6 Å². The highest BCUT2D eigenvalue weighted by Gasteiger charge is 2.22. The molecule has 0 aromatic heterocycles. The van der Waals surface area contributed by atoms with Crippen LogP contribution in [-0.2, 0) is 16.0 Å². The molecule has 0 bridgehead atoms. The molecule has 28 heavy (non-hydrogen) atoms. The third-order valence-corrected chi connectivity index (χ3v) is 4.37. The summed E-state index contributed by atoms with van der Waals surface area (Å²) in [5, 5.41) is 24.3. The molecule has 2 atom stereocenters. The lowest BCUT2D eigenvalue weighted by molar-refractivity contribution is -0.141. The predicted molar refractivity (Wildman–Crippen MR) is 108 cm³/mol. The van der Waals surface area contributed by atoms with Crippen molar-refractivity contribution in [2.75, 3.05) is 6.54 Å². The van der Waals surface area contributed by atoms with Crippen LogP contribution in [0.3, 0.4) is 0 Å². The molecule has 1 aromatic rings. The van der Waals surface area contributed by atoms with Crippen LogP contribution in [0.4, 0.5) is 0 Å². The Hall–Kier alpha value is -3.04. The number of carboxylic acids is 1. The van der Waals surface area contributed by atoms with Gasteiger partial charge in [0.25, 0.3) is 0 Å². The van der Waals surface area contributed by atoms with Crippen molar-refractivity contribution >= 4 is 11.9 Å². The number of carbonyl (C=O) groups is 2. The lowest BCUT2D eigenvalue weighted by atomic mass is 10.0. The van der Waals surface area contributed by atoms with Gasteiger partial charge in [0.2, 0.25) is 5.91 Å². The monoisotopic (exact) mass is 382 g/mol. The van der Waals surface area contributed by atoms with Crippen molar-refractivity contribution in [3.8, 4) is 17.6 Å². The zero-order valence-corrected chi connectivity index (χ0v) is 15.9. The van der Waals surface area contributed by atoms with E-state index < -0.39 is 18.1 Å². The number of carbonyl (C=O) groups excluding carboxylic acids is 1. The second-order valence-corrected chi connectivity index (χ2v) is 6.66. The summed E-state index contributed by atoms with van der Waals surface area (Å²) in [5.74, 6) is 4.91. The Balaban J connectivity index is 1.96. The fourth-order valence-electron chi connectivity index (χ4n) is 2.77. The molecule has 0 spiro atoms. The molecular formula is C22H26N2O4. The number of carboxylic acid groups (broad SMARTS) is 1. The van der Waals surface area contributed by atoms with Crippen LogP contribution in [0.15, 0.2) is 48.1 Å². The van der Waals surface area contributed by atoms with Crippen LogP contribution in [-0.4, -0.2) is 40.7 Å². The van der Waals surface area contributed by atoms with Gasteiger partial charge < -0.3 is 20.8 Å². The molecule has 1 aliphatic carbocycles. The molecule has 4 N–H and O–H groups in total. The first-order valence-corrected chi connectivity index (χ1v) is 9.34. The van der Waals surface area contributed by atoms with E-state index in [-0.39, 0.29) is 11.7 Å². The van der Waals surface area contributed by atoms with E-state index in [1.807, 2.05) is 24.3 Å². The van der Waals surface area contributed by atoms with E-state index in [0.29, 0.717) is 32.2 Å². The minimum Gasteiger partial charge on any atom is -0.508 e. The minimum absolute atomic E-state index is 0.203. The Bertz CT molecular complexity index is 817. The zero-order chi connectivity index (χ0) is 20.4. The molecule has 0 aliphatic heterocycles. The summed E-state index contributed by atoms with van der Waals surface area (Å²) in [6, 6.07) is 5.48. The van der Waals surface area contributed by atoms with E-state index in [1.54, 1.807) is 18.2 Å². The molecule has 0 heterocycles. The Labute approximate surface area is 165 Å². The highest BCUT2D eigenvalue weighted by atomic mass is 16.4. The molecule has 0 saturated heterocycles. The summed E-state index contributed by atoms with van der Waals surface area (Å²) in [4.78, 5) is 23.6. The lowest BCUT2D eigenvalue weighted by Gasteiger charge is -2.20. The number of nitrogens with one attached hydrogen (secondary N) is 2. The van der Waals surface area contributed by atoms with E-state index in [4.69, 9.17) is 5.11 Å². The Morgan fingerprint density at radius 3 is 2.86 bits per heavy atom. The summed E-state index contributed by atoms with van der Waals surface area (Å²) >= 11 is 0. The van der Waals surface area contributed by atoms with Gasteiger partial charge in [-0.15, -0.1) is 0 Å². The van der Waals surface area contributed by atoms with Crippen LogP contribution in [0.25, 0.3) is 0 Å². The highest BCUT2D eigenvalue weighted by Crippen LogP contribution is 2.12. The van der Waals surface area contributed by atoms with Crippen LogP contribution >= 0.6 is 0 Å². The molecule has 148 valence electrons. The smallest absolute Gasteiger partial charge is 0.325 e. The third-order valence-electron chi connectivity index (χ3n) is 4.37. The second kappa shape index (κ2) is 11.0. The van der Waals surface area contributed by atoms with E-state index in [1.165, 1.54) is 6.92 Å². The summed E-state index contributed by atoms with van der Waals surface area (Å²) in [5.41, 5.74) is 1.90. The SMILES string of the molecule is C[C@H](NC(=O)[C@@H](CCC1=CC=CCC#C1)NCCc1cccc(O)c1)C(=O)O. The summed E-state index contributed by atoms with van der Waals surface area (Å²) in [7, 11) is 0. The molecule has 0 fully saturated rings. The number of benzene rings is 1. The van der Waals surface area contributed by atoms with Crippen LogP contribution in [0, 0.1) is 11.8 Å². The molecule has 2 rings (SSSR count). The molecule has 0 saturated carbocycles. The third kappa shape index (κ3) is 7.29. The maximum atomic E-state index is 12.5. The van der Waals surface area contributed by atoms with Crippen LogP contribution in [0.1, 0.15) is 31.7 Å². The predicted octanol–water partition coefficient (Wildman–Crippen LogP) is 2.15. The van der Waals surface area contributed by atoms with Gasteiger partial charge in [-0.25, -0.2) is 0 Å². The van der Waals surface area contributed by atoms with Gasteiger partial charge >= 0.3 is 5.97 Å². The molecule has 6 nitrogen and oxygen atoms in total. The normalized spacial score (nSPS) is 14.8. The largest absolute Gasteiger partial charge is 0.508 e. The number of allylic oxidation sites excluding steroid dienone is 4. The molecule has 6 heteroatoms. The van der Waals surface area contributed by atoms with Gasteiger partial charge in [-0.3, -0.25) is 9.59 Å². The molecule has 1 aliphatic rings. The van der Waals surface area contributed by atoms with Crippen molar-refractivity contribution in [2.45, 2.75) is 44.7 Å². The van der Waals surface area contributed by atoms with E-state index in [0.717, 1.165) is 11.1 Å². The average molecular weight is 382 g/mol. The molecule has 0 unspecified atom stereocenters. The second-order valence-electron chi connectivity index (χ2n) is 6.66. The van der Waals surface area contributed by atoms with Gasteiger partial charge in [0, 0.05) is 12.0 Å². The van der Waals surface area contributed by atoms with Gasteiger partial charge in [-0.1, -0.05) is 42.2 Å². The zero-order valence-electron chi connectivity index (χ0n) is 15.9. The number of phenolic OH excluding ortho intramolecular Hbond substituents is 1. The first-order valence-electron chi connectivity index (χ1n) is 9.34. The van der Waals surface area contributed by atoms with Gasteiger partial charge in [0.1, 0.15) is 11.8 Å².